The first-order valence-corrected chi connectivity index (χ1v) is 4.25. The lowest BCUT2D eigenvalue weighted by molar-refractivity contribution is 0.0148. The Labute approximate surface area is 70.0 Å². The predicted octanol–water partition coefficient (Wildman–Crippen LogP) is 1.60. The molecule has 0 aliphatic heterocycles. The molecule has 68 valence electrons. The van der Waals surface area contributed by atoms with Crippen molar-refractivity contribution in [2.24, 2.45) is 11.3 Å². The molecule has 0 bridgehead atoms. The Hall–Kier alpha value is -0.0800. The summed E-state index contributed by atoms with van der Waals surface area (Å²) in [7, 11) is 1.78. The van der Waals surface area contributed by atoms with Crippen LogP contribution >= 0.6 is 0 Å². The zero-order chi connectivity index (χ0) is 9.07. The monoisotopic (exact) mass is 159 g/mol. The molecular weight excluding hydrogens is 138 g/mol. The molecule has 11 heavy (non-hydrogen) atoms. The molecule has 1 unspecified atom stereocenters. The molecule has 0 aliphatic carbocycles. The molecule has 1 atom stereocenters. The van der Waals surface area contributed by atoms with Crippen LogP contribution in [0.2, 0.25) is 0 Å². The molecule has 0 aliphatic rings. The number of rotatable bonds is 4. The molecule has 0 amide bonds. The lowest BCUT2D eigenvalue weighted by Gasteiger charge is -2.31. The summed E-state index contributed by atoms with van der Waals surface area (Å²) in [5, 5.41) is 12.4. The molecule has 0 aromatic heterocycles. The predicted molar refractivity (Wildman–Crippen MR) is 48.3 cm³/mol. The van der Waals surface area contributed by atoms with Gasteiger partial charge in [0.2, 0.25) is 0 Å². The quantitative estimate of drug-likeness (QED) is 0.611. The minimum Gasteiger partial charge on any atom is -0.378 e. The van der Waals surface area contributed by atoms with Crippen LogP contribution in [0.5, 0.6) is 0 Å². The normalized spacial score (nSPS) is 15.5. The summed E-state index contributed by atoms with van der Waals surface area (Å²) in [6, 6.07) is 0. The van der Waals surface area contributed by atoms with E-state index in [1.807, 2.05) is 0 Å². The average Bonchev–Trinajstić information content (AvgIpc) is 1.83. The van der Waals surface area contributed by atoms with Crippen molar-refractivity contribution in [1.29, 1.82) is 0 Å². The highest BCUT2D eigenvalue weighted by atomic mass is 16.3. The van der Waals surface area contributed by atoms with Gasteiger partial charge in [-0.2, -0.15) is 0 Å². The molecule has 2 heteroatoms. The van der Waals surface area contributed by atoms with Crippen LogP contribution in [0.3, 0.4) is 0 Å². The molecular formula is C9H21NO. The van der Waals surface area contributed by atoms with Gasteiger partial charge in [0.25, 0.3) is 0 Å². The highest BCUT2D eigenvalue weighted by Crippen LogP contribution is 2.27. The van der Waals surface area contributed by atoms with E-state index in [1.165, 1.54) is 0 Å². The van der Waals surface area contributed by atoms with Crippen molar-refractivity contribution in [1.82, 2.24) is 5.32 Å². The van der Waals surface area contributed by atoms with Crippen LogP contribution in [0.1, 0.15) is 34.1 Å². The topological polar surface area (TPSA) is 32.3 Å². The molecule has 2 nitrogen and oxygen atoms in total. The van der Waals surface area contributed by atoms with Crippen molar-refractivity contribution >= 4 is 0 Å². The minimum atomic E-state index is -0.398. The Bertz CT molecular complexity index is 110. The molecule has 0 fully saturated rings. The van der Waals surface area contributed by atoms with Gasteiger partial charge in [-0.05, 0) is 19.4 Å². The maximum Gasteiger partial charge on any atom is 0.109 e. The van der Waals surface area contributed by atoms with Crippen molar-refractivity contribution < 1.29 is 5.11 Å². The molecule has 0 saturated carbocycles. The standard InChI is InChI=1S/C9H21NO/c1-7(2)6-9(3,4)8(11)10-5/h7-8,10-11H,6H2,1-5H3. The van der Waals surface area contributed by atoms with Crippen molar-refractivity contribution in [3.8, 4) is 0 Å². The number of nitrogens with one attached hydrogen (secondary N) is 1. The Morgan fingerprint density at radius 2 is 1.82 bits per heavy atom. The van der Waals surface area contributed by atoms with Gasteiger partial charge in [0.1, 0.15) is 6.23 Å². The van der Waals surface area contributed by atoms with Crippen LogP contribution in [0, 0.1) is 11.3 Å². The van der Waals surface area contributed by atoms with Gasteiger partial charge in [-0.25, -0.2) is 0 Å². The van der Waals surface area contributed by atoms with E-state index in [2.05, 4.69) is 33.0 Å². The maximum absolute atomic E-state index is 9.52. The first kappa shape index (κ1) is 10.9. The van der Waals surface area contributed by atoms with Gasteiger partial charge in [0.15, 0.2) is 0 Å². The van der Waals surface area contributed by atoms with E-state index in [0.717, 1.165) is 6.42 Å². The fraction of sp³-hybridized carbons (Fsp3) is 1.00. The highest BCUT2D eigenvalue weighted by Gasteiger charge is 2.26. The van der Waals surface area contributed by atoms with Gasteiger partial charge in [-0.1, -0.05) is 27.7 Å². The molecule has 0 heterocycles. The Kier molecular flexibility index (Phi) is 4.04. The van der Waals surface area contributed by atoms with Crippen LogP contribution in [0.4, 0.5) is 0 Å². The van der Waals surface area contributed by atoms with E-state index in [0.29, 0.717) is 5.92 Å². The summed E-state index contributed by atoms with van der Waals surface area (Å²) in [4.78, 5) is 0. The van der Waals surface area contributed by atoms with E-state index in [4.69, 9.17) is 0 Å². The lowest BCUT2D eigenvalue weighted by Crippen LogP contribution is -2.40. The summed E-state index contributed by atoms with van der Waals surface area (Å²) >= 11 is 0. The van der Waals surface area contributed by atoms with E-state index < -0.39 is 6.23 Å². The number of aliphatic hydroxyl groups excluding tert-OH is 1. The molecule has 0 saturated heterocycles. The second-order valence-electron chi connectivity index (χ2n) is 4.28. The van der Waals surface area contributed by atoms with E-state index in [9.17, 15) is 5.11 Å². The van der Waals surface area contributed by atoms with Crippen LogP contribution in [0.25, 0.3) is 0 Å². The third-order valence-electron chi connectivity index (χ3n) is 1.95. The van der Waals surface area contributed by atoms with E-state index in [-0.39, 0.29) is 5.41 Å². The van der Waals surface area contributed by atoms with Gasteiger partial charge in [-0.3, -0.25) is 5.32 Å². The fourth-order valence-electron chi connectivity index (χ4n) is 1.55. The average molecular weight is 159 g/mol. The highest BCUT2D eigenvalue weighted by molar-refractivity contribution is 4.75. The van der Waals surface area contributed by atoms with Gasteiger partial charge in [0.05, 0.1) is 0 Å². The van der Waals surface area contributed by atoms with Crippen molar-refractivity contribution in [3.63, 3.8) is 0 Å². The van der Waals surface area contributed by atoms with Gasteiger partial charge >= 0.3 is 0 Å². The number of hydrogen-bond donors (Lipinski definition) is 2. The summed E-state index contributed by atoms with van der Waals surface area (Å²) in [5.74, 6) is 0.632. The minimum absolute atomic E-state index is 0.0249. The van der Waals surface area contributed by atoms with Crippen LogP contribution in [-0.2, 0) is 0 Å². The molecule has 2 N–H and O–H groups in total. The number of aliphatic hydroxyl groups is 1. The Balaban J connectivity index is 3.98. The zero-order valence-corrected chi connectivity index (χ0v) is 8.31. The van der Waals surface area contributed by atoms with Crippen molar-refractivity contribution in [2.75, 3.05) is 7.05 Å². The van der Waals surface area contributed by atoms with Crippen molar-refractivity contribution in [3.05, 3.63) is 0 Å². The lowest BCUT2D eigenvalue weighted by atomic mass is 9.82. The van der Waals surface area contributed by atoms with Crippen molar-refractivity contribution in [2.45, 2.75) is 40.3 Å². The molecule has 0 rings (SSSR count). The zero-order valence-electron chi connectivity index (χ0n) is 8.31. The molecule has 0 spiro atoms. The largest absolute Gasteiger partial charge is 0.378 e. The summed E-state index contributed by atoms with van der Waals surface area (Å²) in [6.07, 6.45) is 0.638. The summed E-state index contributed by atoms with van der Waals surface area (Å²) < 4.78 is 0. The number of hydrogen-bond acceptors (Lipinski definition) is 2. The maximum atomic E-state index is 9.52. The van der Waals surface area contributed by atoms with Gasteiger partial charge in [-0.15, -0.1) is 0 Å². The molecule has 0 aromatic carbocycles. The SMILES string of the molecule is CNC(O)C(C)(C)CC(C)C. The Morgan fingerprint density at radius 1 is 1.36 bits per heavy atom. The third kappa shape index (κ3) is 3.73. The third-order valence-corrected chi connectivity index (χ3v) is 1.95. The van der Waals surface area contributed by atoms with E-state index >= 15 is 0 Å². The molecule has 0 aromatic rings. The second kappa shape index (κ2) is 4.07. The fourth-order valence-corrected chi connectivity index (χ4v) is 1.55. The second-order valence-corrected chi connectivity index (χ2v) is 4.28. The summed E-state index contributed by atoms with van der Waals surface area (Å²) in [5.41, 5.74) is -0.0249. The van der Waals surface area contributed by atoms with Crippen LogP contribution in [-0.4, -0.2) is 18.4 Å². The molecule has 0 radical (unpaired) electrons. The van der Waals surface area contributed by atoms with E-state index in [1.54, 1.807) is 7.05 Å². The first-order valence-electron chi connectivity index (χ1n) is 4.25. The first-order chi connectivity index (χ1) is 4.90. The van der Waals surface area contributed by atoms with Gasteiger partial charge < -0.3 is 5.11 Å². The summed E-state index contributed by atoms with van der Waals surface area (Å²) in [6.45, 7) is 8.50. The van der Waals surface area contributed by atoms with Gasteiger partial charge in [0, 0.05) is 5.41 Å². The Morgan fingerprint density at radius 3 is 2.09 bits per heavy atom. The smallest absolute Gasteiger partial charge is 0.109 e. The van der Waals surface area contributed by atoms with Crippen LogP contribution < -0.4 is 5.32 Å². The van der Waals surface area contributed by atoms with Crippen LogP contribution in [0.15, 0.2) is 0 Å².